The van der Waals surface area contributed by atoms with Gasteiger partial charge in [0, 0.05) is 23.9 Å². The first-order valence-electron chi connectivity index (χ1n) is 10.4. The number of carbonyl (C=O) groups is 2. The van der Waals surface area contributed by atoms with Crippen LogP contribution < -0.4 is 5.32 Å². The second-order valence-electron chi connectivity index (χ2n) is 7.31. The SMILES string of the molecule is CCCNC(=O)[C@@H](CC)N(Cc1cccc(C)c1)C(=O)CSCc1ccccc1Cl. The van der Waals surface area contributed by atoms with Gasteiger partial charge in [-0.05, 0) is 37.0 Å². The highest BCUT2D eigenvalue weighted by atomic mass is 35.5. The molecule has 0 radical (unpaired) electrons. The highest BCUT2D eigenvalue weighted by Crippen LogP contribution is 2.22. The maximum atomic E-state index is 13.2. The van der Waals surface area contributed by atoms with Crippen LogP contribution in [-0.4, -0.2) is 35.1 Å². The third-order valence-corrected chi connectivity index (χ3v) is 6.15. The fourth-order valence-corrected chi connectivity index (χ4v) is 4.44. The van der Waals surface area contributed by atoms with Crippen LogP contribution in [-0.2, 0) is 21.9 Å². The fraction of sp³-hybridized carbons (Fsp3) is 0.417. The molecule has 0 spiro atoms. The van der Waals surface area contributed by atoms with Gasteiger partial charge in [0.2, 0.25) is 11.8 Å². The van der Waals surface area contributed by atoms with Crippen LogP contribution in [0.25, 0.3) is 0 Å². The van der Waals surface area contributed by atoms with Gasteiger partial charge in [0.05, 0.1) is 5.75 Å². The quantitative estimate of drug-likeness (QED) is 0.515. The van der Waals surface area contributed by atoms with Crippen molar-refractivity contribution in [1.29, 1.82) is 0 Å². The van der Waals surface area contributed by atoms with Crippen LogP contribution in [0, 0.1) is 6.92 Å². The summed E-state index contributed by atoms with van der Waals surface area (Å²) < 4.78 is 0. The molecule has 162 valence electrons. The van der Waals surface area contributed by atoms with Gasteiger partial charge in [-0.15, -0.1) is 11.8 Å². The van der Waals surface area contributed by atoms with Crippen LogP contribution >= 0.6 is 23.4 Å². The van der Waals surface area contributed by atoms with Crippen molar-refractivity contribution in [3.63, 3.8) is 0 Å². The summed E-state index contributed by atoms with van der Waals surface area (Å²) in [5, 5.41) is 3.66. The Morgan fingerprint density at radius 3 is 2.57 bits per heavy atom. The van der Waals surface area contributed by atoms with Gasteiger partial charge in [-0.3, -0.25) is 9.59 Å². The highest BCUT2D eigenvalue weighted by Gasteiger charge is 2.28. The smallest absolute Gasteiger partial charge is 0.242 e. The van der Waals surface area contributed by atoms with Crippen LogP contribution in [0.1, 0.15) is 43.4 Å². The molecule has 0 aliphatic rings. The predicted molar refractivity (Wildman–Crippen MR) is 127 cm³/mol. The molecule has 2 aromatic carbocycles. The molecule has 0 aromatic heterocycles. The number of nitrogens with zero attached hydrogens (tertiary/aromatic N) is 1. The van der Waals surface area contributed by atoms with Gasteiger partial charge in [0.1, 0.15) is 6.04 Å². The number of thioether (sulfide) groups is 1. The van der Waals surface area contributed by atoms with Crippen molar-refractivity contribution in [2.75, 3.05) is 12.3 Å². The van der Waals surface area contributed by atoms with E-state index in [9.17, 15) is 9.59 Å². The van der Waals surface area contributed by atoms with Crippen LogP contribution in [0.4, 0.5) is 0 Å². The van der Waals surface area contributed by atoms with Crippen molar-refractivity contribution in [3.05, 3.63) is 70.2 Å². The van der Waals surface area contributed by atoms with Gasteiger partial charge in [-0.2, -0.15) is 0 Å². The second kappa shape index (κ2) is 12.7. The molecule has 0 aliphatic heterocycles. The molecule has 6 heteroatoms. The largest absolute Gasteiger partial charge is 0.354 e. The number of benzene rings is 2. The number of rotatable bonds is 11. The molecule has 0 saturated heterocycles. The summed E-state index contributed by atoms with van der Waals surface area (Å²) in [5.41, 5.74) is 3.17. The lowest BCUT2D eigenvalue weighted by Gasteiger charge is -2.30. The maximum Gasteiger partial charge on any atom is 0.242 e. The van der Waals surface area contributed by atoms with Gasteiger partial charge >= 0.3 is 0 Å². The summed E-state index contributed by atoms with van der Waals surface area (Å²) >= 11 is 7.75. The summed E-state index contributed by atoms with van der Waals surface area (Å²) in [6.45, 7) is 7.03. The second-order valence-corrected chi connectivity index (χ2v) is 8.70. The number of nitrogens with one attached hydrogen (secondary N) is 1. The zero-order chi connectivity index (χ0) is 21.9. The molecule has 0 unspecified atom stereocenters. The summed E-state index contributed by atoms with van der Waals surface area (Å²) in [5.74, 6) is 0.834. The standard InChI is InChI=1S/C24H31ClN2O2S/c1-4-13-26-24(29)22(5-2)27(15-19-10-8-9-18(3)14-19)23(28)17-30-16-20-11-6-7-12-21(20)25/h6-12,14,22H,4-5,13,15-17H2,1-3H3,(H,26,29)/t22-/m1/s1. The molecule has 2 amide bonds. The molecule has 0 saturated carbocycles. The van der Waals surface area contributed by atoms with E-state index in [-0.39, 0.29) is 11.8 Å². The van der Waals surface area contributed by atoms with Crippen LogP contribution in [0.15, 0.2) is 48.5 Å². The van der Waals surface area contributed by atoms with Crippen LogP contribution in [0.3, 0.4) is 0 Å². The van der Waals surface area contributed by atoms with Crippen molar-refractivity contribution in [2.45, 2.75) is 52.0 Å². The number of hydrogen-bond acceptors (Lipinski definition) is 3. The molecular formula is C24H31ClN2O2S. The number of halogens is 1. The van der Waals surface area contributed by atoms with Crippen molar-refractivity contribution >= 4 is 35.2 Å². The van der Waals surface area contributed by atoms with E-state index >= 15 is 0 Å². The van der Waals surface area contributed by atoms with E-state index in [1.54, 1.807) is 4.90 Å². The molecule has 4 nitrogen and oxygen atoms in total. The number of amides is 2. The Balaban J connectivity index is 2.12. The summed E-state index contributed by atoms with van der Waals surface area (Å²) in [4.78, 5) is 27.6. The van der Waals surface area contributed by atoms with E-state index in [4.69, 9.17) is 11.6 Å². The van der Waals surface area contributed by atoms with E-state index in [1.807, 2.05) is 63.2 Å². The molecule has 0 aliphatic carbocycles. The maximum absolute atomic E-state index is 13.2. The monoisotopic (exact) mass is 446 g/mol. The molecule has 0 bridgehead atoms. The van der Waals surface area contributed by atoms with Crippen LogP contribution in [0.5, 0.6) is 0 Å². The van der Waals surface area contributed by atoms with Gasteiger partial charge in [0.15, 0.2) is 0 Å². The molecule has 0 fully saturated rings. The Morgan fingerprint density at radius 2 is 1.90 bits per heavy atom. The number of carbonyl (C=O) groups excluding carboxylic acids is 2. The van der Waals surface area contributed by atoms with Gasteiger partial charge in [0.25, 0.3) is 0 Å². The van der Waals surface area contributed by atoms with E-state index in [0.29, 0.717) is 36.0 Å². The average Bonchev–Trinajstić information content (AvgIpc) is 2.73. The molecular weight excluding hydrogens is 416 g/mol. The Morgan fingerprint density at radius 1 is 1.13 bits per heavy atom. The summed E-state index contributed by atoms with van der Waals surface area (Å²) in [7, 11) is 0. The predicted octanol–water partition coefficient (Wildman–Crippen LogP) is 5.22. The lowest BCUT2D eigenvalue weighted by Crippen LogP contribution is -2.49. The minimum atomic E-state index is -0.481. The molecule has 1 N–H and O–H groups in total. The lowest BCUT2D eigenvalue weighted by molar-refractivity contribution is -0.139. The third kappa shape index (κ3) is 7.37. The first-order valence-corrected chi connectivity index (χ1v) is 11.9. The molecule has 2 rings (SSSR count). The molecule has 30 heavy (non-hydrogen) atoms. The van der Waals surface area contributed by atoms with Crippen molar-refractivity contribution < 1.29 is 9.59 Å². The topological polar surface area (TPSA) is 49.4 Å². The number of hydrogen-bond donors (Lipinski definition) is 1. The highest BCUT2D eigenvalue weighted by molar-refractivity contribution is 7.99. The third-order valence-electron chi connectivity index (χ3n) is 4.81. The van der Waals surface area contributed by atoms with Crippen LogP contribution in [0.2, 0.25) is 5.02 Å². The van der Waals surface area contributed by atoms with E-state index in [2.05, 4.69) is 11.4 Å². The van der Waals surface area contributed by atoms with Gasteiger partial charge < -0.3 is 10.2 Å². The zero-order valence-corrected chi connectivity index (χ0v) is 19.6. The lowest BCUT2D eigenvalue weighted by atomic mass is 10.1. The Bertz CT molecular complexity index is 843. The van der Waals surface area contributed by atoms with Crippen molar-refractivity contribution in [2.24, 2.45) is 0 Å². The van der Waals surface area contributed by atoms with Crippen molar-refractivity contribution in [1.82, 2.24) is 10.2 Å². The average molecular weight is 447 g/mol. The van der Waals surface area contributed by atoms with E-state index in [1.165, 1.54) is 11.8 Å². The summed E-state index contributed by atoms with van der Waals surface area (Å²) in [6, 6.07) is 15.3. The minimum absolute atomic E-state index is 0.0351. The van der Waals surface area contributed by atoms with Crippen molar-refractivity contribution in [3.8, 4) is 0 Å². The minimum Gasteiger partial charge on any atom is -0.354 e. The van der Waals surface area contributed by atoms with E-state index < -0.39 is 6.04 Å². The first-order chi connectivity index (χ1) is 14.5. The van der Waals surface area contributed by atoms with E-state index in [0.717, 1.165) is 23.1 Å². The zero-order valence-electron chi connectivity index (χ0n) is 18.0. The Labute approximate surface area is 189 Å². The molecule has 1 atom stereocenters. The number of aryl methyl sites for hydroxylation is 1. The Hall–Kier alpha value is -1.98. The fourth-order valence-electron chi connectivity index (χ4n) is 3.24. The van der Waals surface area contributed by atoms with Gasteiger partial charge in [-0.1, -0.05) is 73.5 Å². The van der Waals surface area contributed by atoms with Gasteiger partial charge in [-0.25, -0.2) is 0 Å². The normalized spacial score (nSPS) is 11.7. The molecule has 0 heterocycles. The Kier molecular flexibility index (Phi) is 10.2. The summed E-state index contributed by atoms with van der Waals surface area (Å²) in [6.07, 6.45) is 1.43. The molecule has 2 aromatic rings. The first kappa shape index (κ1) is 24.3.